The van der Waals surface area contributed by atoms with Gasteiger partial charge in [-0.05, 0) is 12.1 Å². The number of hydrogen-bond acceptors (Lipinski definition) is 3. The summed E-state index contributed by atoms with van der Waals surface area (Å²) in [6.45, 7) is 0.144. The van der Waals surface area contributed by atoms with Gasteiger partial charge in [0.25, 0.3) is 0 Å². The van der Waals surface area contributed by atoms with Gasteiger partial charge in [-0.3, -0.25) is 16.1 Å². The Hall–Kier alpha value is -1.39. The number of hydrazine groups is 1. The van der Waals surface area contributed by atoms with Gasteiger partial charge >= 0.3 is 0 Å². The minimum absolute atomic E-state index is 0.0614. The third-order valence-electron chi connectivity index (χ3n) is 1.77. The zero-order chi connectivity index (χ0) is 9.68. The van der Waals surface area contributed by atoms with E-state index in [0.717, 1.165) is 5.69 Å². The predicted molar refractivity (Wildman–Crippen MR) is 52.0 cm³/mol. The van der Waals surface area contributed by atoms with Crippen molar-refractivity contribution in [1.82, 2.24) is 5.43 Å². The van der Waals surface area contributed by atoms with Gasteiger partial charge in [-0.2, -0.15) is 0 Å². The van der Waals surface area contributed by atoms with Crippen LogP contribution < -0.4 is 16.2 Å². The number of anilines is 1. The Bertz CT molecular complexity index is 273. The van der Waals surface area contributed by atoms with Crippen molar-refractivity contribution in [2.75, 3.05) is 18.5 Å². The van der Waals surface area contributed by atoms with Crippen molar-refractivity contribution in [3.05, 3.63) is 30.3 Å². The quantitative estimate of drug-likeness (QED) is 0.511. The fourth-order valence-electron chi connectivity index (χ4n) is 1.00. The van der Waals surface area contributed by atoms with Crippen LogP contribution in [0.5, 0.6) is 0 Å². The van der Waals surface area contributed by atoms with Crippen LogP contribution in [0.4, 0.5) is 5.69 Å². The number of likely N-dealkylation sites (N-methyl/N-ethyl adjacent to an activating group) is 1. The van der Waals surface area contributed by atoms with Gasteiger partial charge in [0.2, 0.25) is 5.91 Å². The number of carbonyl (C=O) groups excluding carboxylic acids is 1. The number of amides is 1. The molecule has 1 aromatic carbocycles. The topological polar surface area (TPSA) is 58.4 Å². The number of nitrogens with two attached hydrogens (primary N) is 1. The molecule has 4 heteroatoms. The highest BCUT2D eigenvalue weighted by molar-refractivity contribution is 5.94. The van der Waals surface area contributed by atoms with Crippen LogP contribution >= 0.6 is 0 Å². The molecule has 0 fully saturated rings. The number of benzene rings is 1. The van der Waals surface area contributed by atoms with Crippen molar-refractivity contribution >= 4 is 11.6 Å². The molecule has 0 spiro atoms. The Morgan fingerprint density at radius 3 is 2.62 bits per heavy atom. The lowest BCUT2D eigenvalue weighted by atomic mass is 10.3. The average molecular weight is 179 g/mol. The Morgan fingerprint density at radius 2 is 2.08 bits per heavy atom. The van der Waals surface area contributed by atoms with E-state index in [1.54, 1.807) is 11.9 Å². The van der Waals surface area contributed by atoms with Gasteiger partial charge in [-0.25, -0.2) is 0 Å². The van der Waals surface area contributed by atoms with Crippen LogP contribution in [0.1, 0.15) is 0 Å². The van der Waals surface area contributed by atoms with Gasteiger partial charge in [0.1, 0.15) is 0 Å². The van der Waals surface area contributed by atoms with Gasteiger partial charge in [0.05, 0.1) is 6.54 Å². The van der Waals surface area contributed by atoms with Crippen LogP contribution in [0.15, 0.2) is 30.3 Å². The van der Waals surface area contributed by atoms with Crippen LogP contribution in [-0.2, 0) is 4.79 Å². The Labute approximate surface area is 77.3 Å². The third-order valence-corrected chi connectivity index (χ3v) is 1.77. The molecular formula is C9H13N3O. The number of hydrogen-bond donors (Lipinski definition) is 2. The van der Waals surface area contributed by atoms with Gasteiger partial charge in [-0.15, -0.1) is 0 Å². The molecule has 0 saturated carbocycles. The molecule has 0 aliphatic rings. The Morgan fingerprint density at radius 1 is 1.46 bits per heavy atom. The first-order valence-electron chi connectivity index (χ1n) is 4.01. The standard InChI is InChI=1S/C9H13N3O/c1-12(9(13)7-11-10)8-5-3-2-4-6-8/h2-6,11H,7,10H2,1H3. The number of carbonyl (C=O) groups is 1. The maximum absolute atomic E-state index is 11.3. The summed E-state index contributed by atoms with van der Waals surface area (Å²) in [5.74, 6) is 4.99. The highest BCUT2D eigenvalue weighted by atomic mass is 16.2. The smallest absolute Gasteiger partial charge is 0.242 e. The van der Waals surface area contributed by atoms with E-state index < -0.39 is 0 Å². The van der Waals surface area contributed by atoms with Crippen LogP contribution in [0.3, 0.4) is 0 Å². The summed E-state index contributed by atoms with van der Waals surface area (Å²) in [6, 6.07) is 9.41. The molecule has 1 rings (SSSR count). The van der Waals surface area contributed by atoms with Crippen LogP contribution in [0, 0.1) is 0 Å². The SMILES string of the molecule is CN(C(=O)CNN)c1ccccc1. The molecule has 0 unspecified atom stereocenters. The summed E-state index contributed by atoms with van der Waals surface area (Å²) in [6.07, 6.45) is 0. The van der Waals surface area contributed by atoms with Crippen LogP contribution in [-0.4, -0.2) is 19.5 Å². The molecule has 13 heavy (non-hydrogen) atoms. The summed E-state index contributed by atoms with van der Waals surface area (Å²) in [4.78, 5) is 12.9. The number of rotatable bonds is 3. The molecule has 1 aromatic rings. The molecule has 0 aliphatic carbocycles. The van der Waals surface area contributed by atoms with E-state index in [0.29, 0.717) is 0 Å². The van der Waals surface area contributed by atoms with Crippen molar-refractivity contribution in [1.29, 1.82) is 0 Å². The van der Waals surface area contributed by atoms with E-state index in [4.69, 9.17) is 5.84 Å². The van der Waals surface area contributed by atoms with Crippen LogP contribution in [0.2, 0.25) is 0 Å². The molecule has 0 aromatic heterocycles. The lowest BCUT2D eigenvalue weighted by molar-refractivity contribution is -0.117. The Kier molecular flexibility index (Phi) is 3.42. The maximum atomic E-state index is 11.3. The predicted octanol–water partition coefficient (Wildman–Crippen LogP) is 0.113. The van der Waals surface area contributed by atoms with Crippen molar-refractivity contribution in [3.63, 3.8) is 0 Å². The molecule has 70 valence electrons. The number of para-hydroxylation sites is 1. The second kappa shape index (κ2) is 4.59. The first-order chi connectivity index (χ1) is 6.25. The summed E-state index contributed by atoms with van der Waals surface area (Å²) >= 11 is 0. The normalized spacial score (nSPS) is 9.69. The monoisotopic (exact) mass is 179 g/mol. The van der Waals surface area contributed by atoms with E-state index in [-0.39, 0.29) is 12.5 Å². The number of nitrogens with one attached hydrogen (secondary N) is 1. The lowest BCUT2D eigenvalue weighted by Crippen LogP contribution is -2.38. The minimum atomic E-state index is -0.0614. The van der Waals surface area contributed by atoms with E-state index in [1.165, 1.54) is 0 Å². The van der Waals surface area contributed by atoms with E-state index in [1.807, 2.05) is 30.3 Å². The first-order valence-corrected chi connectivity index (χ1v) is 4.01. The summed E-state index contributed by atoms with van der Waals surface area (Å²) < 4.78 is 0. The molecule has 4 nitrogen and oxygen atoms in total. The van der Waals surface area contributed by atoms with Crippen molar-refractivity contribution in [2.24, 2.45) is 5.84 Å². The van der Waals surface area contributed by atoms with Crippen molar-refractivity contribution in [3.8, 4) is 0 Å². The molecule has 1 amide bonds. The van der Waals surface area contributed by atoms with Crippen molar-refractivity contribution in [2.45, 2.75) is 0 Å². The summed E-state index contributed by atoms with van der Waals surface area (Å²) in [5.41, 5.74) is 3.19. The van der Waals surface area contributed by atoms with Gasteiger partial charge in [0, 0.05) is 12.7 Å². The minimum Gasteiger partial charge on any atom is -0.314 e. The fourth-order valence-corrected chi connectivity index (χ4v) is 1.00. The van der Waals surface area contributed by atoms with Gasteiger partial charge < -0.3 is 4.90 Å². The largest absolute Gasteiger partial charge is 0.314 e. The zero-order valence-electron chi connectivity index (χ0n) is 7.53. The number of nitrogens with zero attached hydrogens (tertiary/aromatic N) is 1. The molecule has 0 saturated heterocycles. The molecule has 0 aliphatic heterocycles. The maximum Gasteiger partial charge on any atom is 0.242 e. The summed E-state index contributed by atoms with van der Waals surface area (Å²) in [5, 5.41) is 0. The second-order valence-electron chi connectivity index (χ2n) is 2.67. The van der Waals surface area contributed by atoms with E-state index in [9.17, 15) is 4.79 Å². The molecule has 3 N–H and O–H groups in total. The van der Waals surface area contributed by atoms with Gasteiger partial charge in [0.15, 0.2) is 0 Å². The van der Waals surface area contributed by atoms with E-state index in [2.05, 4.69) is 5.43 Å². The molecule has 0 atom stereocenters. The lowest BCUT2D eigenvalue weighted by Gasteiger charge is -2.16. The zero-order valence-corrected chi connectivity index (χ0v) is 7.53. The summed E-state index contributed by atoms with van der Waals surface area (Å²) in [7, 11) is 1.72. The first kappa shape index (κ1) is 9.70. The highest BCUT2D eigenvalue weighted by Crippen LogP contribution is 2.10. The van der Waals surface area contributed by atoms with Gasteiger partial charge in [-0.1, -0.05) is 18.2 Å². The van der Waals surface area contributed by atoms with E-state index >= 15 is 0 Å². The molecule has 0 bridgehead atoms. The van der Waals surface area contributed by atoms with Crippen LogP contribution in [0.25, 0.3) is 0 Å². The highest BCUT2D eigenvalue weighted by Gasteiger charge is 2.08. The molecular weight excluding hydrogens is 166 g/mol. The molecule has 0 heterocycles. The molecule has 0 radical (unpaired) electrons. The third kappa shape index (κ3) is 2.54. The average Bonchev–Trinajstić information content (AvgIpc) is 2.18. The second-order valence-corrected chi connectivity index (χ2v) is 2.67. The Balaban J connectivity index is 2.68. The fraction of sp³-hybridized carbons (Fsp3) is 0.222. The van der Waals surface area contributed by atoms with Crippen molar-refractivity contribution < 1.29 is 4.79 Å².